The van der Waals surface area contributed by atoms with Crippen molar-refractivity contribution in [3.05, 3.63) is 35.9 Å². The Morgan fingerprint density at radius 3 is 2.43 bits per heavy atom. The lowest BCUT2D eigenvalue weighted by atomic mass is 9.90. The molecule has 0 radical (unpaired) electrons. The highest BCUT2D eigenvalue weighted by Gasteiger charge is 2.31. The first-order valence-electron chi connectivity index (χ1n) is 8.40. The largest absolute Gasteiger partial charge is 0.380 e. The van der Waals surface area contributed by atoms with Gasteiger partial charge in [0.2, 0.25) is 0 Å². The molecule has 1 saturated heterocycles. The summed E-state index contributed by atoms with van der Waals surface area (Å²) < 4.78 is 5.72. The molecule has 2 aliphatic rings. The Labute approximate surface area is 128 Å². The summed E-state index contributed by atoms with van der Waals surface area (Å²) >= 11 is 0. The van der Waals surface area contributed by atoms with Crippen LogP contribution in [0.3, 0.4) is 0 Å². The van der Waals surface area contributed by atoms with Crippen LogP contribution in [0.4, 0.5) is 0 Å². The van der Waals surface area contributed by atoms with E-state index in [1.807, 2.05) is 7.11 Å². The molecular formula is C18H28N2O. The molecule has 0 bridgehead atoms. The molecule has 3 nitrogen and oxygen atoms in total. The minimum absolute atomic E-state index is 0.458. The van der Waals surface area contributed by atoms with Gasteiger partial charge in [-0.25, -0.2) is 0 Å². The molecular weight excluding hydrogens is 260 g/mol. The standard InChI is InChI=1S/C18H28N2O/c1-21-18-10-6-5-9-17(18)20-13-11-19(12-14-20)15-16-7-3-2-4-8-16/h2-4,7-8,17-18H,5-6,9-15H2,1H3/t17-,18-/m0/s1. The van der Waals surface area contributed by atoms with Gasteiger partial charge in [0.15, 0.2) is 0 Å². The summed E-state index contributed by atoms with van der Waals surface area (Å²) in [4.78, 5) is 5.26. The summed E-state index contributed by atoms with van der Waals surface area (Å²) in [5.74, 6) is 0. The molecule has 3 heteroatoms. The van der Waals surface area contributed by atoms with Gasteiger partial charge in [0.1, 0.15) is 0 Å². The van der Waals surface area contributed by atoms with Crippen molar-refractivity contribution < 1.29 is 4.74 Å². The molecule has 0 spiro atoms. The lowest BCUT2D eigenvalue weighted by Crippen LogP contribution is -2.54. The Bertz CT molecular complexity index is 414. The second-order valence-corrected chi connectivity index (χ2v) is 6.42. The SMILES string of the molecule is CO[C@H]1CCCC[C@@H]1N1CCN(Cc2ccccc2)CC1. The van der Waals surface area contributed by atoms with Gasteiger partial charge in [-0.05, 0) is 18.4 Å². The Morgan fingerprint density at radius 2 is 1.71 bits per heavy atom. The molecule has 2 atom stereocenters. The van der Waals surface area contributed by atoms with Crippen molar-refractivity contribution in [2.24, 2.45) is 0 Å². The van der Waals surface area contributed by atoms with E-state index in [-0.39, 0.29) is 0 Å². The van der Waals surface area contributed by atoms with Crippen LogP contribution < -0.4 is 0 Å². The number of ether oxygens (including phenoxy) is 1. The maximum absolute atomic E-state index is 5.72. The van der Waals surface area contributed by atoms with Crippen molar-refractivity contribution in [2.75, 3.05) is 33.3 Å². The third-order valence-corrected chi connectivity index (χ3v) is 5.10. The van der Waals surface area contributed by atoms with Gasteiger partial charge in [-0.2, -0.15) is 0 Å². The fourth-order valence-electron chi connectivity index (χ4n) is 3.86. The van der Waals surface area contributed by atoms with Crippen LogP contribution in [0.25, 0.3) is 0 Å². The zero-order valence-corrected chi connectivity index (χ0v) is 13.2. The van der Waals surface area contributed by atoms with Gasteiger partial charge in [-0.3, -0.25) is 9.80 Å². The molecule has 2 fully saturated rings. The van der Waals surface area contributed by atoms with E-state index >= 15 is 0 Å². The third kappa shape index (κ3) is 3.85. The highest BCUT2D eigenvalue weighted by Crippen LogP contribution is 2.26. The van der Waals surface area contributed by atoms with Crippen molar-refractivity contribution in [2.45, 2.75) is 44.4 Å². The monoisotopic (exact) mass is 288 g/mol. The second-order valence-electron chi connectivity index (χ2n) is 6.42. The molecule has 1 aliphatic heterocycles. The minimum atomic E-state index is 0.458. The topological polar surface area (TPSA) is 15.7 Å². The van der Waals surface area contributed by atoms with E-state index in [9.17, 15) is 0 Å². The minimum Gasteiger partial charge on any atom is -0.380 e. The second kappa shape index (κ2) is 7.39. The summed E-state index contributed by atoms with van der Waals surface area (Å²) in [5.41, 5.74) is 1.43. The highest BCUT2D eigenvalue weighted by atomic mass is 16.5. The molecule has 21 heavy (non-hydrogen) atoms. The zero-order valence-electron chi connectivity index (χ0n) is 13.2. The normalized spacial score (nSPS) is 28.6. The van der Waals surface area contributed by atoms with Gasteiger partial charge in [0.05, 0.1) is 6.10 Å². The molecule has 1 saturated carbocycles. The van der Waals surface area contributed by atoms with E-state index in [4.69, 9.17) is 4.74 Å². The van der Waals surface area contributed by atoms with E-state index in [2.05, 4.69) is 40.1 Å². The predicted molar refractivity (Wildman–Crippen MR) is 86.3 cm³/mol. The lowest BCUT2D eigenvalue weighted by molar-refractivity contribution is -0.0279. The first kappa shape index (κ1) is 15.0. The summed E-state index contributed by atoms with van der Waals surface area (Å²) in [6.45, 7) is 5.84. The molecule has 116 valence electrons. The van der Waals surface area contributed by atoms with Crippen LogP contribution in [0.1, 0.15) is 31.2 Å². The fourth-order valence-corrected chi connectivity index (χ4v) is 3.86. The highest BCUT2D eigenvalue weighted by molar-refractivity contribution is 5.14. The summed E-state index contributed by atoms with van der Waals surface area (Å²) in [6.07, 6.45) is 5.72. The molecule has 3 rings (SSSR count). The van der Waals surface area contributed by atoms with Gasteiger partial charge in [-0.15, -0.1) is 0 Å². The number of hydrogen-bond acceptors (Lipinski definition) is 3. The molecule has 1 aromatic carbocycles. The Kier molecular flexibility index (Phi) is 5.28. The van der Waals surface area contributed by atoms with Gasteiger partial charge in [0.25, 0.3) is 0 Å². The first-order valence-corrected chi connectivity index (χ1v) is 8.40. The van der Waals surface area contributed by atoms with Crippen molar-refractivity contribution in [3.63, 3.8) is 0 Å². The number of rotatable bonds is 4. The smallest absolute Gasteiger partial charge is 0.0726 e. The zero-order chi connectivity index (χ0) is 14.5. The molecule has 0 amide bonds. The Hall–Kier alpha value is -0.900. The van der Waals surface area contributed by atoms with E-state index in [0.717, 1.165) is 6.54 Å². The summed E-state index contributed by atoms with van der Waals surface area (Å²) in [7, 11) is 1.88. The van der Waals surface area contributed by atoms with Crippen LogP contribution in [-0.4, -0.2) is 55.2 Å². The number of hydrogen-bond donors (Lipinski definition) is 0. The van der Waals surface area contributed by atoms with Gasteiger partial charge >= 0.3 is 0 Å². The van der Waals surface area contributed by atoms with Crippen LogP contribution in [0.2, 0.25) is 0 Å². The quantitative estimate of drug-likeness (QED) is 0.847. The van der Waals surface area contributed by atoms with E-state index in [1.165, 1.54) is 57.4 Å². The Morgan fingerprint density at radius 1 is 1.00 bits per heavy atom. The van der Waals surface area contributed by atoms with Crippen LogP contribution in [-0.2, 0) is 11.3 Å². The first-order chi connectivity index (χ1) is 10.4. The molecule has 1 aromatic rings. The number of methoxy groups -OCH3 is 1. The van der Waals surface area contributed by atoms with Crippen LogP contribution in [0.5, 0.6) is 0 Å². The van der Waals surface area contributed by atoms with Crippen molar-refractivity contribution in [1.82, 2.24) is 9.80 Å². The summed E-state index contributed by atoms with van der Waals surface area (Å²) in [5, 5.41) is 0. The lowest BCUT2D eigenvalue weighted by Gasteiger charge is -2.43. The van der Waals surface area contributed by atoms with Crippen LogP contribution >= 0.6 is 0 Å². The van der Waals surface area contributed by atoms with Gasteiger partial charge in [-0.1, -0.05) is 43.2 Å². The third-order valence-electron chi connectivity index (χ3n) is 5.10. The Balaban J connectivity index is 1.50. The van der Waals surface area contributed by atoms with Crippen LogP contribution in [0.15, 0.2) is 30.3 Å². The summed E-state index contributed by atoms with van der Waals surface area (Å²) in [6, 6.07) is 11.5. The van der Waals surface area contributed by atoms with E-state index in [1.54, 1.807) is 0 Å². The molecule has 0 N–H and O–H groups in total. The fraction of sp³-hybridized carbons (Fsp3) is 0.667. The average molecular weight is 288 g/mol. The number of benzene rings is 1. The van der Waals surface area contributed by atoms with Gasteiger partial charge < -0.3 is 4.74 Å². The molecule has 0 aromatic heterocycles. The number of nitrogens with zero attached hydrogens (tertiary/aromatic N) is 2. The van der Waals surface area contributed by atoms with Crippen molar-refractivity contribution in [3.8, 4) is 0 Å². The van der Waals surface area contributed by atoms with E-state index in [0.29, 0.717) is 12.1 Å². The number of piperazine rings is 1. The molecule has 1 heterocycles. The average Bonchev–Trinajstić information content (AvgIpc) is 2.56. The molecule has 1 aliphatic carbocycles. The molecule has 0 unspecified atom stereocenters. The van der Waals surface area contributed by atoms with Crippen LogP contribution in [0, 0.1) is 0 Å². The van der Waals surface area contributed by atoms with E-state index < -0.39 is 0 Å². The van der Waals surface area contributed by atoms with Crippen molar-refractivity contribution >= 4 is 0 Å². The maximum Gasteiger partial charge on any atom is 0.0726 e. The van der Waals surface area contributed by atoms with Gasteiger partial charge in [0, 0.05) is 45.9 Å². The van der Waals surface area contributed by atoms with Crippen molar-refractivity contribution in [1.29, 1.82) is 0 Å². The maximum atomic E-state index is 5.72. The predicted octanol–water partition coefficient (Wildman–Crippen LogP) is 2.76.